The molecule has 0 unspecified atom stereocenters. The normalized spacial score (nSPS) is 9.00. The molecule has 0 aliphatic rings. The van der Waals surface area contributed by atoms with Crippen molar-refractivity contribution in [2.45, 2.75) is 64.2 Å². The number of carbonyl (C=O) groups is 6. The number of carboxylic acid groups (broad SMARTS) is 2. The zero-order chi connectivity index (χ0) is 23.9. The zero-order valence-electron chi connectivity index (χ0n) is 16.5. The van der Waals surface area contributed by atoms with E-state index in [1.165, 1.54) is 11.0 Å². The molecule has 174 valence electrons. The summed E-state index contributed by atoms with van der Waals surface area (Å²) in [6, 6.07) is 0. The van der Waals surface area contributed by atoms with E-state index in [4.69, 9.17) is 32.1 Å². The first kappa shape index (κ1) is 31.4. The van der Waals surface area contributed by atoms with Gasteiger partial charge in [-0.2, -0.15) is 0 Å². The average molecular weight is 438 g/mol. The van der Waals surface area contributed by atoms with Crippen LogP contribution in [0.1, 0.15) is 64.2 Å². The lowest BCUT2D eigenvalue weighted by atomic mass is 10.1. The van der Waals surface area contributed by atoms with E-state index in [1.54, 1.807) is 0 Å². The molecule has 0 heterocycles. The first-order chi connectivity index (χ1) is 14.0. The summed E-state index contributed by atoms with van der Waals surface area (Å²) in [7, 11) is 0. The molecule has 0 radical (unpaired) electrons. The second kappa shape index (κ2) is 22.0. The van der Waals surface area contributed by atoms with Gasteiger partial charge in [-0.25, -0.2) is 11.0 Å². The van der Waals surface area contributed by atoms with Gasteiger partial charge >= 0.3 is 11.9 Å². The Morgan fingerprint density at radius 2 is 0.833 bits per heavy atom. The van der Waals surface area contributed by atoms with Gasteiger partial charge in [-0.15, -0.1) is 0 Å². The van der Waals surface area contributed by atoms with Gasteiger partial charge in [0.2, 0.25) is 23.6 Å². The highest BCUT2D eigenvalue weighted by molar-refractivity contribution is 5.82. The lowest BCUT2D eigenvalue weighted by molar-refractivity contribution is -0.138. The number of hydroxylamine groups is 2. The number of hydrogen-bond donors (Lipinski definition) is 8. The van der Waals surface area contributed by atoms with Gasteiger partial charge in [0.15, 0.2) is 0 Å². The molecule has 10 N–H and O–H groups in total. The molecule has 30 heavy (non-hydrogen) atoms. The highest BCUT2D eigenvalue weighted by atomic mass is 16.5. The number of carboxylic acids is 2. The third-order valence-electron chi connectivity index (χ3n) is 2.98. The molecule has 0 aromatic heterocycles. The molecule has 0 atom stereocenters. The SMILES string of the molecule is NC(=O)CCC(=O)NO.NC(=O)CCC(=O)NO.O=C(O)CCCCCCC(=O)O. The van der Waals surface area contributed by atoms with Crippen LogP contribution in [-0.4, -0.2) is 56.2 Å². The maximum absolute atomic E-state index is 10.1. The van der Waals surface area contributed by atoms with E-state index >= 15 is 0 Å². The van der Waals surface area contributed by atoms with E-state index in [9.17, 15) is 28.8 Å². The zero-order valence-corrected chi connectivity index (χ0v) is 16.5. The summed E-state index contributed by atoms with van der Waals surface area (Å²) in [5.74, 6) is -3.89. The minimum atomic E-state index is -0.784. The van der Waals surface area contributed by atoms with Gasteiger partial charge in [0.1, 0.15) is 0 Å². The third-order valence-corrected chi connectivity index (χ3v) is 2.98. The summed E-state index contributed by atoms with van der Waals surface area (Å²) in [4.78, 5) is 60.3. The van der Waals surface area contributed by atoms with Crippen molar-refractivity contribution in [3.8, 4) is 0 Å². The van der Waals surface area contributed by atoms with Crippen molar-refractivity contribution >= 4 is 35.6 Å². The van der Waals surface area contributed by atoms with Crippen LogP contribution in [-0.2, 0) is 28.8 Å². The van der Waals surface area contributed by atoms with Crippen molar-refractivity contribution in [2.24, 2.45) is 11.5 Å². The van der Waals surface area contributed by atoms with Crippen LogP contribution in [0, 0.1) is 0 Å². The lowest BCUT2D eigenvalue weighted by Gasteiger charge is -1.96. The molecule has 14 heteroatoms. The Bertz CT molecular complexity index is 506. The first-order valence-electron chi connectivity index (χ1n) is 8.82. The Morgan fingerprint density at radius 3 is 1.03 bits per heavy atom. The smallest absolute Gasteiger partial charge is 0.303 e. The first-order valence-corrected chi connectivity index (χ1v) is 8.82. The Balaban J connectivity index is -0.000000371. The lowest BCUT2D eigenvalue weighted by Crippen LogP contribution is -2.21. The summed E-state index contributed by atoms with van der Waals surface area (Å²) in [6.45, 7) is 0. The van der Waals surface area contributed by atoms with Crippen molar-refractivity contribution in [2.75, 3.05) is 0 Å². The number of unbranched alkanes of at least 4 members (excludes halogenated alkanes) is 3. The van der Waals surface area contributed by atoms with Crippen molar-refractivity contribution < 1.29 is 49.4 Å². The van der Waals surface area contributed by atoms with Crippen molar-refractivity contribution in [1.29, 1.82) is 0 Å². The molecule has 0 aromatic rings. The topological polar surface area (TPSA) is 259 Å². The summed E-state index contributed by atoms with van der Waals surface area (Å²) < 4.78 is 0. The standard InChI is InChI=1S/C8H14O4.2C4H8N2O3/c9-7(10)5-3-1-2-4-6-8(11)12;2*5-3(7)1-2-4(8)6-9/h1-6H2,(H,9,10)(H,11,12);2*9H,1-2H2,(H2,5,7)(H,6,8). The molecule has 0 fully saturated rings. The predicted molar refractivity (Wildman–Crippen MR) is 99.7 cm³/mol. The second-order valence-electron chi connectivity index (χ2n) is 5.70. The molecule has 14 nitrogen and oxygen atoms in total. The van der Waals surface area contributed by atoms with Gasteiger partial charge in [0.05, 0.1) is 0 Å². The highest BCUT2D eigenvalue weighted by Gasteiger charge is 2.01. The van der Waals surface area contributed by atoms with E-state index in [-0.39, 0.29) is 38.5 Å². The van der Waals surface area contributed by atoms with Crippen molar-refractivity contribution in [3.05, 3.63) is 0 Å². The van der Waals surface area contributed by atoms with E-state index in [2.05, 4.69) is 0 Å². The molecule has 4 amide bonds. The maximum Gasteiger partial charge on any atom is 0.303 e. The predicted octanol–water partition coefficient (Wildman–Crippen LogP) is -0.989. The molecular weight excluding hydrogens is 408 g/mol. The summed E-state index contributed by atoms with van der Waals surface area (Å²) >= 11 is 0. The average Bonchev–Trinajstić information content (AvgIpc) is 2.67. The molecular formula is C16H30N4O10. The number of primary amides is 2. The van der Waals surface area contributed by atoms with Gasteiger partial charge < -0.3 is 21.7 Å². The molecule has 0 aliphatic carbocycles. The van der Waals surface area contributed by atoms with Gasteiger partial charge in [-0.1, -0.05) is 12.8 Å². The van der Waals surface area contributed by atoms with Crippen LogP contribution >= 0.6 is 0 Å². The van der Waals surface area contributed by atoms with E-state index in [0.717, 1.165) is 12.8 Å². The summed E-state index contributed by atoms with van der Waals surface area (Å²) in [6.07, 6.45) is 3.08. The van der Waals surface area contributed by atoms with Crippen LogP contribution in [0.2, 0.25) is 0 Å². The molecule has 0 aliphatic heterocycles. The highest BCUT2D eigenvalue weighted by Crippen LogP contribution is 2.04. The number of aliphatic carboxylic acids is 2. The van der Waals surface area contributed by atoms with Gasteiger partial charge in [0.25, 0.3) is 0 Å². The minimum absolute atomic E-state index is 0.0353. The van der Waals surface area contributed by atoms with Crippen LogP contribution in [0.4, 0.5) is 0 Å². The molecule has 0 bridgehead atoms. The summed E-state index contributed by atoms with van der Waals surface area (Å²) in [5, 5.41) is 32.3. The minimum Gasteiger partial charge on any atom is -0.481 e. The second-order valence-corrected chi connectivity index (χ2v) is 5.70. The fourth-order valence-electron chi connectivity index (χ4n) is 1.49. The van der Waals surface area contributed by atoms with E-state index in [0.29, 0.717) is 12.8 Å². The third kappa shape index (κ3) is 35.8. The fraction of sp³-hybridized carbons (Fsp3) is 0.625. The van der Waals surface area contributed by atoms with E-state index < -0.39 is 35.6 Å². The number of amides is 4. The number of hydrogen-bond acceptors (Lipinski definition) is 8. The molecule has 0 saturated carbocycles. The molecule has 0 aromatic carbocycles. The Kier molecular flexibility index (Phi) is 23.1. The van der Waals surface area contributed by atoms with Gasteiger partial charge in [-0.05, 0) is 12.8 Å². The fourth-order valence-corrected chi connectivity index (χ4v) is 1.49. The quantitative estimate of drug-likeness (QED) is 0.0988. The van der Waals surface area contributed by atoms with Crippen LogP contribution in [0.3, 0.4) is 0 Å². The Morgan fingerprint density at radius 1 is 0.533 bits per heavy atom. The number of nitrogens with two attached hydrogens (primary N) is 2. The Hall–Kier alpha value is -3.26. The van der Waals surface area contributed by atoms with Crippen LogP contribution < -0.4 is 22.4 Å². The van der Waals surface area contributed by atoms with Gasteiger partial charge in [-0.3, -0.25) is 39.2 Å². The Labute approximate surface area is 172 Å². The monoisotopic (exact) mass is 438 g/mol. The summed E-state index contributed by atoms with van der Waals surface area (Å²) in [5.41, 5.74) is 12.1. The van der Waals surface area contributed by atoms with Crippen molar-refractivity contribution in [3.63, 3.8) is 0 Å². The molecule has 0 spiro atoms. The van der Waals surface area contributed by atoms with E-state index in [1.807, 2.05) is 0 Å². The van der Waals surface area contributed by atoms with Crippen LogP contribution in [0.25, 0.3) is 0 Å². The number of rotatable bonds is 13. The van der Waals surface area contributed by atoms with Gasteiger partial charge in [0, 0.05) is 38.5 Å². The largest absolute Gasteiger partial charge is 0.481 e. The molecule has 0 saturated heterocycles. The van der Waals surface area contributed by atoms with Crippen molar-refractivity contribution in [1.82, 2.24) is 11.0 Å². The number of nitrogens with one attached hydrogen (secondary N) is 2. The van der Waals surface area contributed by atoms with Crippen LogP contribution in [0.5, 0.6) is 0 Å². The maximum atomic E-state index is 10.1. The van der Waals surface area contributed by atoms with Crippen LogP contribution in [0.15, 0.2) is 0 Å². The molecule has 0 rings (SSSR count). The number of carbonyl (C=O) groups excluding carboxylic acids is 4.